The molecule has 0 spiro atoms. The second kappa shape index (κ2) is 5.12. The van der Waals surface area contributed by atoms with Crippen molar-refractivity contribution in [3.8, 4) is 0 Å². The Bertz CT molecular complexity index is 348. The van der Waals surface area contributed by atoms with Crippen LogP contribution in [0.3, 0.4) is 0 Å². The minimum atomic E-state index is -0.566. The van der Waals surface area contributed by atoms with Gasteiger partial charge in [-0.25, -0.2) is 0 Å². The van der Waals surface area contributed by atoms with E-state index in [0.717, 1.165) is 0 Å². The van der Waals surface area contributed by atoms with Crippen molar-refractivity contribution < 1.29 is 14.4 Å². The van der Waals surface area contributed by atoms with Crippen LogP contribution < -0.4 is 5.32 Å². The molecule has 2 N–H and O–H groups in total. The first-order valence-electron chi connectivity index (χ1n) is 5.43. The summed E-state index contributed by atoms with van der Waals surface area (Å²) < 4.78 is 4.83. The average Bonchev–Trinajstić information content (AvgIpc) is 2.73. The number of rotatable bonds is 5. The van der Waals surface area contributed by atoms with Crippen LogP contribution in [0.2, 0.25) is 0 Å². The lowest BCUT2D eigenvalue weighted by Crippen LogP contribution is -2.50. The fourth-order valence-corrected chi connectivity index (χ4v) is 1.47. The van der Waals surface area contributed by atoms with Crippen molar-refractivity contribution in [1.29, 1.82) is 0 Å². The molecule has 0 atom stereocenters. The molecule has 0 radical (unpaired) electrons. The number of hydrogen-bond acceptors (Lipinski definition) is 4. The number of amides is 1. The Morgan fingerprint density at radius 1 is 1.56 bits per heavy atom. The standard InChI is InChI=1S/C11H18N2O3/c1-4-11(5-2,7-14)12-10(15)9-6-8(3)16-13-9/h6,14H,4-5,7H2,1-3H3,(H,12,15). The number of aromatic nitrogens is 1. The van der Waals surface area contributed by atoms with Crippen LogP contribution >= 0.6 is 0 Å². The molecule has 16 heavy (non-hydrogen) atoms. The smallest absolute Gasteiger partial charge is 0.273 e. The molecule has 5 heteroatoms. The quantitative estimate of drug-likeness (QED) is 0.792. The van der Waals surface area contributed by atoms with Crippen LogP contribution in [0, 0.1) is 6.92 Å². The molecule has 0 fully saturated rings. The van der Waals surface area contributed by atoms with Crippen molar-refractivity contribution in [3.63, 3.8) is 0 Å². The monoisotopic (exact) mass is 226 g/mol. The molecule has 1 heterocycles. The molecule has 0 aliphatic rings. The van der Waals surface area contributed by atoms with E-state index in [1.165, 1.54) is 0 Å². The van der Waals surface area contributed by atoms with Crippen molar-refractivity contribution in [3.05, 3.63) is 17.5 Å². The summed E-state index contributed by atoms with van der Waals surface area (Å²) in [6.45, 7) is 5.49. The third-order valence-corrected chi connectivity index (χ3v) is 2.90. The van der Waals surface area contributed by atoms with E-state index in [-0.39, 0.29) is 18.2 Å². The summed E-state index contributed by atoms with van der Waals surface area (Å²) in [4.78, 5) is 11.8. The van der Waals surface area contributed by atoms with Crippen LogP contribution in [0.15, 0.2) is 10.6 Å². The summed E-state index contributed by atoms with van der Waals surface area (Å²) in [5.41, 5.74) is -0.318. The van der Waals surface area contributed by atoms with Gasteiger partial charge in [0.25, 0.3) is 5.91 Å². The van der Waals surface area contributed by atoms with Gasteiger partial charge in [0.1, 0.15) is 5.76 Å². The highest BCUT2D eigenvalue weighted by Gasteiger charge is 2.28. The van der Waals surface area contributed by atoms with Crippen LogP contribution in [0.1, 0.15) is 42.9 Å². The molecule has 1 amide bonds. The summed E-state index contributed by atoms with van der Waals surface area (Å²) >= 11 is 0. The van der Waals surface area contributed by atoms with Crippen LogP contribution in [0.25, 0.3) is 0 Å². The average molecular weight is 226 g/mol. The van der Waals surface area contributed by atoms with Gasteiger partial charge in [0.15, 0.2) is 5.69 Å². The molecular formula is C11H18N2O3. The number of nitrogens with one attached hydrogen (secondary N) is 1. The zero-order chi connectivity index (χ0) is 12.2. The Morgan fingerprint density at radius 2 is 2.19 bits per heavy atom. The van der Waals surface area contributed by atoms with E-state index < -0.39 is 5.54 Å². The summed E-state index contributed by atoms with van der Waals surface area (Å²) in [6, 6.07) is 1.57. The van der Waals surface area contributed by atoms with Crippen LogP contribution in [0.4, 0.5) is 0 Å². The normalized spacial score (nSPS) is 11.5. The minimum absolute atomic E-state index is 0.0808. The maximum Gasteiger partial charge on any atom is 0.273 e. The molecule has 90 valence electrons. The van der Waals surface area contributed by atoms with Crippen LogP contribution in [0.5, 0.6) is 0 Å². The molecule has 0 aliphatic carbocycles. The van der Waals surface area contributed by atoms with E-state index in [1.54, 1.807) is 13.0 Å². The van der Waals surface area contributed by atoms with Gasteiger partial charge in [-0.05, 0) is 19.8 Å². The lowest BCUT2D eigenvalue weighted by Gasteiger charge is -2.30. The van der Waals surface area contributed by atoms with Crippen molar-refractivity contribution in [2.75, 3.05) is 6.61 Å². The molecule has 1 aromatic rings. The molecule has 0 aliphatic heterocycles. The second-order valence-corrected chi connectivity index (χ2v) is 3.92. The van der Waals surface area contributed by atoms with Crippen molar-refractivity contribution >= 4 is 5.91 Å². The summed E-state index contributed by atoms with van der Waals surface area (Å²) in [7, 11) is 0. The number of aryl methyl sites for hydroxylation is 1. The van der Waals surface area contributed by atoms with Gasteiger partial charge in [-0.1, -0.05) is 19.0 Å². The van der Waals surface area contributed by atoms with E-state index in [9.17, 15) is 9.90 Å². The Hall–Kier alpha value is -1.36. The largest absolute Gasteiger partial charge is 0.394 e. The van der Waals surface area contributed by atoms with E-state index in [2.05, 4.69) is 10.5 Å². The molecule has 0 saturated carbocycles. The van der Waals surface area contributed by atoms with Crippen LogP contribution in [-0.4, -0.2) is 28.3 Å². The number of hydrogen-bond donors (Lipinski definition) is 2. The zero-order valence-electron chi connectivity index (χ0n) is 9.91. The number of aliphatic hydroxyl groups is 1. The number of nitrogens with zero attached hydrogens (tertiary/aromatic N) is 1. The predicted molar refractivity (Wildman–Crippen MR) is 59.1 cm³/mol. The second-order valence-electron chi connectivity index (χ2n) is 3.92. The fraction of sp³-hybridized carbons (Fsp3) is 0.636. The molecule has 0 bridgehead atoms. The summed E-state index contributed by atoms with van der Waals surface area (Å²) in [5.74, 6) is 0.280. The SMILES string of the molecule is CCC(CC)(CO)NC(=O)c1cc(C)on1. The molecule has 0 unspecified atom stereocenters. The van der Waals surface area contributed by atoms with Crippen molar-refractivity contribution in [1.82, 2.24) is 10.5 Å². The van der Waals surface area contributed by atoms with Crippen molar-refractivity contribution in [2.45, 2.75) is 39.2 Å². The third kappa shape index (κ3) is 2.61. The van der Waals surface area contributed by atoms with Gasteiger partial charge >= 0.3 is 0 Å². The minimum Gasteiger partial charge on any atom is -0.394 e. The Kier molecular flexibility index (Phi) is 4.06. The van der Waals surface area contributed by atoms with E-state index in [0.29, 0.717) is 18.6 Å². The molecule has 1 aromatic heterocycles. The highest BCUT2D eigenvalue weighted by atomic mass is 16.5. The van der Waals surface area contributed by atoms with Gasteiger partial charge in [-0.15, -0.1) is 0 Å². The van der Waals surface area contributed by atoms with Gasteiger partial charge in [-0.3, -0.25) is 4.79 Å². The lowest BCUT2D eigenvalue weighted by atomic mass is 9.94. The van der Waals surface area contributed by atoms with Gasteiger partial charge in [-0.2, -0.15) is 0 Å². The van der Waals surface area contributed by atoms with Gasteiger partial charge in [0, 0.05) is 6.07 Å². The Morgan fingerprint density at radius 3 is 2.56 bits per heavy atom. The molecule has 1 rings (SSSR count). The first-order chi connectivity index (χ1) is 7.56. The maximum atomic E-state index is 11.8. The Labute approximate surface area is 94.8 Å². The third-order valence-electron chi connectivity index (χ3n) is 2.90. The first kappa shape index (κ1) is 12.7. The summed E-state index contributed by atoms with van der Waals surface area (Å²) in [5, 5.41) is 15.8. The molecular weight excluding hydrogens is 208 g/mol. The Balaban J connectivity index is 2.76. The fourth-order valence-electron chi connectivity index (χ4n) is 1.47. The highest BCUT2D eigenvalue weighted by molar-refractivity contribution is 5.92. The summed E-state index contributed by atoms with van der Waals surface area (Å²) in [6.07, 6.45) is 1.34. The van der Waals surface area contributed by atoms with Crippen molar-refractivity contribution in [2.24, 2.45) is 0 Å². The van der Waals surface area contributed by atoms with E-state index in [4.69, 9.17) is 4.52 Å². The predicted octanol–water partition coefficient (Wildman–Crippen LogP) is 1.26. The number of carbonyl (C=O) groups excluding carboxylic acids is 1. The lowest BCUT2D eigenvalue weighted by molar-refractivity contribution is 0.0809. The zero-order valence-corrected chi connectivity index (χ0v) is 9.91. The number of aliphatic hydroxyl groups excluding tert-OH is 1. The molecule has 0 saturated heterocycles. The molecule has 5 nitrogen and oxygen atoms in total. The van der Waals surface area contributed by atoms with E-state index >= 15 is 0 Å². The van der Waals surface area contributed by atoms with E-state index in [1.807, 2.05) is 13.8 Å². The van der Waals surface area contributed by atoms with Gasteiger partial charge in [0.05, 0.1) is 12.1 Å². The first-order valence-corrected chi connectivity index (χ1v) is 5.43. The van der Waals surface area contributed by atoms with Crippen LogP contribution in [-0.2, 0) is 0 Å². The topological polar surface area (TPSA) is 75.4 Å². The highest BCUT2D eigenvalue weighted by Crippen LogP contribution is 2.15. The number of carbonyl (C=O) groups is 1. The molecule has 0 aromatic carbocycles. The van der Waals surface area contributed by atoms with Gasteiger partial charge < -0.3 is 14.9 Å². The maximum absolute atomic E-state index is 11.8. The van der Waals surface area contributed by atoms with Gasteiger partial charge in [0.2, 0.25) is 0 Å².